The van der Waals surface area contributed by atoms with Crippen molar-refractivity contribution in [2.45, 2.75) is 20.8 Å². The number of benzene rings is 2. The molecule has 0 radical (unpaired) electrons. The number of rotatable bonds is 5. The Balaban J connectivity index is 1.92. The molecular formula is C18H20O3. The molecular weight excluding hydrogens is 264 g/mol. The molecule has 2 aromatic carbocycles. The van der Waals surface area contributed by atoms with Gasteiger partial charge in [-0.15, -0.1) is 0 Å². The fourth-order valence-electron chi connectivity index (χ4n) is 1.59. The third-order valence-electron chi connectivity index (χ3n) is 3.01. The molecule has 0 bridgehead atoms. The van der Waals surface area contributed by atoms with Crippen LogP contribution in [0, 0.1) is 5.41 Å². The van der Waals surface area contributed by atoms with Gasteiger partial charge in [0.2, 0.25) is 0 Å². The molecule has 0 atom stereocenters. The highest BCUT2D eigenvalue weighted by molar-refractivity contribution is 5.85. The summed E-state index contributed by atoms with van der Waals surface area (Å²) in [6.07, 6.45) is 0. The first-order valence-corrected chi connectivity index (χ1v) is 6.94. The van der Waals surface area contributed by atoms with Crippen LogP contribution in [0.1, 0.15) is 20.8 Å². The summed E-state index contributed by atoms with van der Waals surface area (Å²) in [7, 11) is 0. The summed E-state index contributed by atoms with van der Waals surface area (Å²) in [5.41, 5.74) is -0.379. The van der Waals surface area contributed by atoms with E-state index in [0.29, 0.717) is 5.75 Å². The molecule has 0 aliphatic carbocycles. The molecule has 0 heterocycles. The molecule has 0 aliphatic rings. The summed E-state index contributed by atoms with van der Waals surface area (Å²) in [5.74, 6) is 2.25. The zero-order chi connectivity index (χ0) is 15.3. The van der Waals surface area contributed by atoms with Crippen LogP contribution in [0.15, 0.2) is 54.6 Å². The van der Waals surface area contributed by atoms with Crippen molar-refractivity contribution in [1.29, 1.82) is 0 Å². The van der Waals surface area contributed by atoms with E-state index in [1.165, 1.54) is 0 Å². The fraction of sp³-hybridized carbons (Fsp3) is 0.278. The van der Waals surface area contributed by atoms with Crippen LogP contribution in [0.5, 0.6) is 17.2 Å². The van der Waals surface area contributed by atoms with E-state index in [9.17, 15) is 4.79 Å². The van der Waals surface area contributed by atoms with E-state index in [1.54, 1.807) is 12.1 Å². The van der Waals surface area contributed by atoms with Gasteiger partial charge in [-0.05, 0) is 36.4 Å². The quantitative estimate of drug-likeness (QED) is 0.812. The highest BCUT2D eigenvalue weighted by Gasteiger charge is 2.21. The Morgan fingerprint density at radius 1 is 0.857 bits per heavy atom. The van der Waals surface area contributed by atoms with Gasteiger partial charge in [0, 0.05) is 5.41 Å². The average Bonchev–Trinajstić information content (AvgIpc) is 2.46. The minimum atomic E-state index is -0.379. The summed E-state index contributed by atoms with van der Waals surface area (Å²) in [5, 5.41) is 0. The van der Waals surface area contributed by atoms with Crippen molar-refractivity contribution < 1.29 is 14.3 Å². The Kier molecular flexibility index (Phi) is 4.63. The van der Waals surface area contributed by atoms with E-state index in [-0.39, 0.29) is 17.8 Å². The Morgan fingerprint density at radius 2 is 1.38 bits per heavy atom. The van der Waals surface area contributed by atoms with Gasteiger partial charge in [-0.2, -0.15) is 0 Å². The van der Waals surface area contributed by atoms with Crippen molar-refractivity contribution in [2.75, 3.05) is 6.61 Å². The molecule has 0 saturated carbocycles. The predicted molar refractivity (Wildman–Crippen MR) is 82.9 cm³/mol. The van der Waals surface area contributed by atoms with Gasteiger partial charge in [0.1, 0.15) is 23.9 Å². The molecule has 0 aliphatic heterocycles. The second-order valence-corrected chi connectivity index (χ2v) is 5.85. The van der Waals surface area contributed by atoms with Crippen LogP contribution >= 0.6 is 0 Å². The zero-order valence-corrected chi connectivity index (χ0v) is 12.6. The van der Waals surface area contributed by atoms with Crippen molar-refractivity contribution in [2.24, 2.45) is 5.41 Å². The molecule has 21 heavy (non-hydrogen) atoms. The monoisotopic (exact) mass is 284 g/mol. The highest BCUT2D eigenvalue weighted by Crippen LogP contribution is 2.24. The number of para-hydroxylation sites is 1. The first-order chi connectivity index (χ1) is 9.95. The van der Waals surface area contributed by atoms with Crippen molar-refractivity contribution in [3.05, 3.63) is 54.6 Å². The average molecular weight is 284 g/mol. The lowest BCUT2D eigenvalue weighted by Gasteiger charge is -2.16. The van der Waals surface area contributed by atoms with Crippen molar-refractivity contribution >= 4 is 5.78 Å². The second-order valence-electron chi connectivity index (χ2n) is 5.85. The van der Waals surface area contributed by atoms with Gasteiger partial charge in [-0.3, -0.25) is 4.79 Å². The van der Waals surface area contributed by atoms with Gasteiger partial charge in [0.25, 0.3) is 0 Å². The van der Waals surface area contributed by atoms with Gasteiger partial charge in [0.05, 0.1) is 0 Å². The van der Waals surface area contributed by atoms with E-state index in [2.05, 4.69) is 0 Å². The maximum absolute atomic E-state index is 11.8. The van der Waals surface area contributed by atoms with Crippen molar-refractivity contribution in [3.8, 4) is 17.2 Å². The van der Waals surface area contributed by atoms with Crippen LogP contribution in [0.4, 0.5) is 0 Å². The van der Waals surface area contributed by atoms with Gasteiger partial charge >= 0.3 is 0 Å². The number of hydrogen-bond acceptors (Lipinski definition) is 3. The van der Waals surface area contributed by atoms with Crippen LogP contribution in [0.25, 0.3) is 0 Å². The molecule has 0 spiro atoms. The predicted octanol–water partition coefficient (Wildman–Crippen LogP) is 4.47. The van der Waals surface area contributed by atoms with Crippen LogP contribution in [0.3, 0.4) is 0 Å². The van der Waals surface area contributed by atoms with Crippen molar-refractivity contribution in [3.63, 3.8) is 0 Å². The molecule has 2 aromatic rings. The lowest BCUT2D eigenvalue weighted by molar-refractivity contribution is -0.128. The smallest absolute Gasteiger partial charge is 0.175 e. The molecule has 0 saturated heterocycles. The normalized spacial score (nSPS) is 11.0. The number of hydrogen-bond donors (Lipinski definition) is 0. The molecule has 3 heteroatoms. The maximum Gasteiger partial charge on any atom is 0.175 e. The molecule has 0 N–H and O–H groups in total. The van der Waals surface area contributed by atoms with Crippen molar-refractivity contribution in [1.82, 2.24) is 0 Å². The summed E-state index contributed by atoms with van der Waals surface area (Å²) < 4.78 is 11.2. The molecule has 0 unspecified atom stereocenters. The lowest BCUT2D eigenvalue weighted by Crippen LogP contribution is -2.26. The Hall–Kier alpha value is -2.29. The first-order valence-electron chi connectivity index (χ1n) is 6.94. The fourth-order valence-corrected chi connectivity index (χ4v) is 1.59. The van der Waals surface area contributed by atoms with Crippen LogP contribution in [0.2, 0.25) is 0 Å². The van der Waals surface area contributed by atoms with Gasteiger partial charge < -0.3 is 9.47 Å². The standard InChI is InChI=1S/C18H20O3/c1-18(2,3)17(19)13-20-14-9-11-16(12-10-14)21-15-7-5-4-6-8-15/h4-12H,13H2,1-3H3. The Morgan fingerprint density at radius 3 is 1.95 bits per heavy atom. The number of Topliss-reactive ketones (excluding diaryl/α,β-unsaturated/α-hetero) is 1. The van der Waals surface area contributed by atoms with E-state index in [1.807, 2.05) is 63.2 Å². The number of carbonyl (C=O) groups excluding carboxylic acids is 1. The highest BCUT2D eigenvalue weighted by atomic mass is 16.5. The number of ether oxygens (including phenoxy) is 2. The van der Waals surface area contributed by atoms with Gasteiger partial charge in [-0.25, -0.2) is 0 Å². The molecule has 0 fully saturated rings. The second kappa shape index (κ2) is 6.44. The summed E-state index contributed by atoms with van der Waals surface area (Å²) in [6.45, 7) is 5.74. The zero-order valence-electron chi connectivity index (χ0n) is 12.6. The van der Waals surface area contributed by atoms with Gasteiger partial charge in [-0.1, -0.05) is 39.0 Å². The maximum atomic E-state index is 11.8. The number of carbonyl (C=O) groups is 1. The lowest BCUT2D eigenvalue weighted by atomic mass is 9.91. The molecule has 110 valence electrons. The largest absolute Gasteiger partial charge is 0.486 e. The number of ketones is 1. The summed E-state index contributed by atoms with van der Waals surface area (Å²) in [6, 6.07) is 16.8. The first kappa shape index (κ1) is 15.1. The minimum Gasteiger partial charge on any atom is -0.486 e. The summed E-state index contributed by atoms with van der Waals surface area (Å²) >= 11 is 0. The van der Waals surface area contributed by atoms with Gasteiger partial charge in [0.15, 0.2) is 5.78 Å². The molecule has 0 aromatic heterocycles. The molecule has 0 amide bonds. The topological polar surface area (TPSA) is 35.5 Å². The third kappa shape index (κ3) is 4.63. The van der Waals surface area contributed by atoms with Crippen LogP contribution in [-0.2, 0) is 4.79 Å². The van der Waals surface area contributed by atoms with Crippen LogP contribution in [-0.4, -0.2) is 12.4 Å². The van der Waals surface area contributed by atoms with E-state index in [0.717, 1.165) is 11.5 Å². The summed E-state index contributed by atoms with van der Waals surface area (Å²) in [4.78, 5) is 11.8. The molecule has 2 rings (SSSR count). The Labute approximate surface area is 125 Å². The van der Waals surface area contributed by atoms with E-state index < -0.39 is 0 Å². The minimum absolute atomic E-state index is 0.0760. The Bertz CT molecular complexity index is 580. The third-order valence-corrected chi connectivity index (χ3v) is 3.01. The van der Waals surface area contributed by atoms with E-state index in [4.69, 9.17) is 9.47 Å². The SMILES string of the molecule is CC(C)(C)C(=O)COc1ccc(Oc2ccccc2)cc1. The van der Waals surface area contributed by atoms with E-state index >= 15 is 0 Å². The molecule has 3 nitrogen and oxygen atoms in total. The van der Waals surface area contributed by atoms with Crippen LogP contribution < -0.4 is 9.47 Å².